The van der Waals surface area contributed by atoms with Crippen LogP contribution in [0.2, 0.25) is 0 Å². The summed E-state index contributed by atoms with van der Waals surface area (Å²) in [6.07, 6.45) is 10.4. The Bertz CT molecular complexity index is 990. The van der Waals surface area contributed by atoms with E-state index in [0.29, 0.717) is 5.92 Å². The zero-order valence-corrected chi connectivity index (χ0v) is 16.4. The number of rotatable bonds is 5. The van der Waals surface area contributed by atoms with Gasteiger partial charge in [-0.2, -0.15) is 0 Å². The third-order valence-corrected chi connectivity index (χ3v) is 5.13. The average Bonchev–Trinajstić information content (AvgIpc) is 3.26. The fourth-order valence-corrected chi connectivity index (χ4v) is 3.57. The standard InChI is InChI=1S/C22H24N6O/c1-16-3-2-4-20(26-16)27-21-13-18(7-10-24-21)17-8-11-28(12-9-17)22(29)6-5-19-14-23-15-25-19/h2-7,10,13-15,17H,8-9,11-12H2,1H3,(H,23,25)(H,24,26,27)/b6-5+. The summed E-state index contributed by atoms with van der Waals surface area (Å²) in [4.78, 5) is 30.1. The smallest absolute Gasteiger partial charge is 0.246 e. The van der Waals surface area contributed by atoms with Gasteiger partial charge < -0.3 is 15.2 Å². The first-order valence-electron chi connectivity index (χ1n) is 9.79. The number of aromatic nitrogens is 4. The normalized spacial score (nSPS) is 15.0. The molecule has 1 saturated heterocycles. The number of anilines is 2. The van der Waals surface area contributed by atoms with Crippen LogP contribution in [0, 0.1) is 6.92 Å². The topological polar surface area (TPSA) is 86.8 Å². The van der Waals surface area contributed by atoms with E-state index in [4.69, 9.17) is 0 Å². The van der Waals surface area contributed by atoms with Gasteiger partial charge in [-0.3, -0.25) is 4.79 Å². The van der Waals surface area contributed by atoms with Crippen molar-refractivity contribution in [3.05, 3.63) is 72.1 Å². The maximum Gasteiger partial charge on any atom is 0.246 e. The molecule has 0 atom stereocenters. The number of likely N-dealkylation sites (tertiary alicyclic amines) is 1. The molecule has 0 aliphatic carbocycles. The summed E-state index contributed by atoms with van der Waals surface area (Å²) in [7, 11) is 0. The van der Waals surface area contributed by atoms with Gasteiger partial charge >= 0.3 is 0 Å². The Kier molecular flexibility index (Phi) is 5.65. The number of nitrogens with one attached hydrogen (secondary N) is 2. The lowest BCUT2D eigenvalue weighted by Gasteiger charge is -2.31. The number of imidazole rings is 1. The van der Waals surface area contributed by atoms with Crippen molar-refractivity contribution in [1.82, 2.24) is 24.8 Å². The van der Waals surface area contributed by atoms with E-state index in [-0.39, 0.29) is 5.91 Å². The predicted molar refractivity (Wildman–Crippen MR) is 113 cm³/mol. The first-order chi connectivity index (χ1) is 14.2. The van der Waals surface area contributed by atoms with Gasteiger partial charge in [0.15, 0.2) is 0 Å². The number of piperidine rings is 1. The Morgan fingerprint density at radius 2 is 2.10 bits per heavy atom. The van der Waals surface area contributed by atoms with Gasteiger partial charge in [0.2, 0.25) is 5.91 Å². The molecule has 1 fully saturated rings. The third kappa shape index (κ3) is 4.87. The second kappa shape index (κ2) is 8.68. The summed E-state index contributed by atoms with van der Waals surface area (Å²) in [6.45, 7) is 3.47. The Labute approximate surface area is 169 Å². The maximum absolute atomic E-state index is 12.4. The Morgan fingerprint density at radius 1 is 1.24 bits per heavy atom. The number of nitrogens with zero attached hydrogens (tertiary/aromatic N) is 4. The van der Waals surface area contributed by atoms with Crippen molar-refractivity contribution in [2.24, 2.45) is 0 Å². The molecule has 1 amide bonds. The monoisotopic (exact) mass is 388 g/mol. The average molecular weight is 388 g/mol. The fraction of sp³-hybridized carbons (Fsp3) is 0.273. The van der Waals surface area contributed by atoms with Gasteiger partial charge in [-0.15, -0.1) is 0 Å². The zero-order chi connectivity index (χ0) is 20.1. The maximum atomic E-state index is 12.4. The molecule has 1 aliphatic heterocycles. The van der Waals surface area contributed by atoms with Crippen LogP contribution in [-0.2, 0) is 4.79 Å². The van der Waals surface area contributed by atoms with Gasteiger partial charge in [0, 0.05) is 31.1 Å². The highest BCUT2D eigenvalue weighted by Gasteiger charge is 2.23. The van der Waals surface area contributed by atoms with E-state index in [1.165, 1.54) is 5.56 Å². The van der Waals surface area contributed by atoms with Crippen molar-refractivity contribution in [3.8, 4) is 0 Å². The summed E-state index contributed by atoms with van der Waals surface area (Å²) in [5.41, 5.74) is 3.04. The molecule has 148 valence electrons. The largest absolute Gasteiger partial charge is 0.345 e. The summed E-state index contributed by atoms with van der Waals surface area (Å²) in [6, 6.07) is 10.0. The van der Waals surface area contributed by atoms with E-state index < -0.39 is 0 Å². The van der Waals surface area contributed by atoms with Crippen LogP contribution < -0.4 is 5.32 Å². The summed E-state index contributed by atoms with van der Waals surface area (Å²) < 4.78 is 0. The highest BCUT2D eigenvalue weighted by atomic mass is 16.2. The molecule has 4 rings (SSSR count). The molecule has 2 N–H and O–H groups in total. The lowest BCUT2D eigenvalue weighted by Crippen LogP contribution is -2.36. The van der Waals surface area contributed by atoms with Crippen LogP contribution in [0.3, 0.4) is 0 Å². The molecular weight excluding hydrogens is 364 g/mol. The van der Waals surface area contributed by atoms with Crippen LogP contribution in [-0.4, -0.2) is 43.8 Å². The van der Waals surface area contributed by atoms with E-state index >= 15 is 0 Å². The van der Waals surface area contributed by atoms with Crippen LogP contribution in [0.5, 0.6) is 0 Å². The molecule has 29 heavy (non-hydrogen) atoms. The van der Waals surface area contributed by atoms with Crippen LogP contribution in [0.4, 0.5) is 11.6 Å². The Morgan fingerprint density at radius 3 is 2.86 bits per heavy atom. The molecule has 4 heterocycles. The van der Waals surface area contributed by atoms with E-state index in [1.807, 2.05) is 36.2 Å². The second-order valence-electron chi connectivity index (χ2n) is 7.20. The van der Waals surface area contributed by atoms with E-state index in [0.717, 1.165) is 49.0 Å². The van der Waals surface area contributed by atoms with Gasteiger partial charge in [-0.1, -0.05) is 6.07 Å². The zero-order valence-electron chi connectivity index (χ0n) is 16.4. The highest BCUT2D eigenvalue weighted by Crippen LogP contribution is 2.29. The number of hydrogen-bond donors (Lipinski definition) is 2. The fourth-order valence-electron chi connectivity index (χ4n) is 3.57. The molecule has 0 unspecified atom stereocenters. The minimum absolute atomic E-state index is 0.0423. The molecule has 7 nitrogen and oxygen atoms in total. The molecule has 0 bridgehead atoms. The summed E-state index contributed by atoms with van der Waals surface area (Å²) in [5.74, 6) is 2.05. The number of carbonyl (C=O) groups excluding carboxylic acids is 1. The van der Waals surface area contributed by atoms with Gasteiger partial charge in [0.1, 0.15) is 11.6 Å². The van der Waals surface area contributed by atoms with Crippen LogP contribution in [0.15, 0.2) is 55.1 Å². The third-order valence-electron chi connectivity index (χ3n) is 5.13. The minimum atomic E-state index is 0.0423. The molecule has 0 aromatic carbocycles. The van der Waals surface area contributed by atoms with Crippen molar-refractivity contribution in [2.75, 3.05) is 18.4 Å². The van der Waals surface area contributed by atoms with E-state index in [2.05, 4.69) is 37.4 Å². The number of H-pyrrole nitrogens is 1. The lowest BCUT2D eigenvalue weighted by atomic mass is 9.90. The minimum Gasteiger partial charge on any atom is -0.345 e. The predicted octanol–water partition coefficient (Wildman–Crippen LogP) is 3.67. The first-order valence-corrected chi connectivity index (χ1v) is 9.79. The molecule has 0 saturated carbocycles. The number of hydrogen-bond acceptors (Lipinski definition) is 5. The van der Waals surface area contributed by atoms with Crippen LogP contribution in [0.1, 0.15) is 35.7 Å². The molecule has 7 heteroatoms. The lowest BCUT2D eigenvalue weighted by molar-refractivity contribution is -0.126. The highest BCUT2D eigenvalue weighted by molar-refractivity contribution is 5.91. The van der Waals surface area contributed by atoms with Gasteiger partial charge in [-0.05, 0) is 61.6 Å². The molecular formula is C22H24N6O. The van der Waals surface area contributed by atoms with Crippen molar-refractivity contribution in [1.29, 1.82) is 0 Å². The van der Waals surface area contributed by atoms with Crippen molar-refractivity contribution in [2.45, 2.75) is 25.7 Å². The number of carbonyl (C=O) groups is 1. The quantitative estimate of drug-likeness (QED) is 0.651. The van der Waals surface area contributed by atoms with Crippen molar-refractivity contribution >= 4 is 23.6 Å². The molecule has 0 spiro atoms. The van der Waals surface area contributed by atoms with E-state index in [1.54, 1.807) is 24.7 Å². The first kappa shape index (κ1) is 18.9. The van der Waals surface area contributed by atoms with Crippen LogP contribution in [0.25, 0.3) is 6.08 Å². The van der Waals surface area contributed by atoms with Gasteiger partial charge in [0.05, 0.1) is 18.2 Å². The number of pyridine rings is 2. The summed E-state index contributed by atoms with van der Waals surface area (Å²) in [5, 5.41) is 3.28. The second-order valence-corrected chi connectivity index (χ2v) is 7.20. The van der Waals surface area contributed by atoms with Gasteiger partial charge in [0.25, 0.3) is 0 Å². The number of amides is 1. The van der Waals surface area contributed by atoms with E-state index in [9.17, 15) is 4.79 Å². The molecule has 3 aromatic rings. The Balaban J connectivity index is 1.35. The van der Waals surface area contributed by atoms with Gasteiger partial charge in [-0.25, -0.2) is 15.0 Å². The number of aromatic amines is 1. The van der Waals surface area contributed by atoms with Crippen molar-refractivity contribution in [3.63, 3.8) is 0 Å². The molecule has 1 aliphatic rings. The molecule has 3 aromatic heterocycles. The van der Waals surface area contributed by atoms with Crippen LogP contribution >= 0.6 is 0 Å². The summed E-state index contributed by atoms with van der Waals surface area (Å²) >= 11 is 0. The van der Waals surface area contributed by atoms with Crippen molar-refractivity contribution < 1.29 is 4.79 Å². The molecule has 0 radical (unpaired) electrons. The SMILES string of the molecule is Cc1cccc(Nc2cc(C3CCN(C(=O)/C=C/c4cnc[nH]4)CC3)ccn2)n1. The Hall–Kier alpha value is -3.48. The number of aryl methyl sites for hydroxylation is 1.